The Balaban J connectivity index is 1.98. The molecule has 1 fully saturated rings. The molecule has 1 aromatic rings. The Morgan fingerprint density at radius 2 is 2.43 bits per heavy atom. The van der Waals surface area contributed by atoms with Crippen LogP contribution in [0.5, 0.6) is 0 Å². The minimum Gasteiger partial charge on any atom is -0.368 e. The molecule has 6 heteroatoms. The van der Waals surface area contributed by atoms with Gasteiger partial charge in [0.2, 0.25) is 11.0 Å². The van der Waals surface area contributed by atoms with Crippen molar-refractivity contribution in [3.8, 4) is 0 Å². The normalized spacial score (nSPS) is 17.8. The molecule has 0 saturated heterocycles. The van der Waals surface area contributed by atoms with Gasteiger partial charge < -0.3 is 11.1 Å². The molecule has 1 atom stereocenters. The van der Waals surface area contributed by atoms with Crippen molar-refractivity contribution in [2.45, 2.75) is 31.7 Å². The molecule has 0 aliphatic heterocycles. The number of rotatable bonds is 4. The van der Waals surface area contributed by atoms with Crippen LogP contribution in [0, 0.1) is 0 Å². The lowest BCUT2D eigenvalue weighted by Crippen LogP contribution is -2.32. The van der Waals surface area contributed by atoms with Crippen LogP contribution in [0.25, 0.3) is 0 Å². The Labute approximate surface area is 85.9 Å². The fourth-order valence-electron chi connectivity index (χ4n) is 1.06. The van der Waals surface area contributed by atoms with Crippen molar-refractivity contribution in [2.75, 3.05) is 5.32 Å². The summed E-state index contributed by atoms with van der Waals surface area (Å²) >= 11 is 1.28. The third-order valence-electron chi connectivity index (χ3n) is 2.15. The molecule has 0 aromatic carbocycles. The largest absolute Gasteiger partial charge is 0.368 e. The second kappa shape index (κ2) is 3.53. The van der Waals surface area contributed by atoms with Crippen LogP contribution < -0.4 is 11.1 Å². The van der Waals surface area contributed by atoms with E-state index in [9.17, 15) is 4.79 Å². The van der Waals surface area contributed by atoms with Crippen molar-refractivity contribution in [2.24, 2.45) is 5.73 Å². The number of primary amides is 1. The fourth-order valence-corrected chi connectivity index (χ4v) is 1.79. The minimum absolute atomic E-state index is 0.381. The van der Waals surface area contributed by atoms with Crippen molar-refractivity contribution >= 4 is 22.6 Å². The summed E-state index contributed by atoms with van der Waals surface area (Å²) in [6, 6.07) is -0.394. The zero-order chi connectivity index (χ0) is 10.1. The highest BCUT2D eigenvalue weighted by atomic mass is 32.1. The molecule has 1 aromatic heterocycles. The van der Waals surface area contributed by atoms with Gasteiger partial charge in [0.1, 0.15) is 11.9 Å². The molecule has 0 radical (unpaired) electrons. The second-order valence-electron chi connectivity index (χ2n) is 3.50. The summed E-state index contributed by atoms with van der Waals surface area (Å²) < 4.78 is 4.21. The minimum atomic E-state index is -0.394. The Kier molecular flexibility index (Phi) is 2.37. The Morgan fingerprint density at radius 3 is 3.00 bits per heavy atom. The number of nitrogens with one attached hydrogen (secondary N) is 1. The van der Waals surface area contributed by atoms with Crippen LogP contribution in [0.2, 0.25) is 0 Å². The fraction of sp³-hybridized carbons (Fsp3) is 0.625. The highest BCUT2D eigenvalue weighted by molar-refractivity contribution is 7.09. The van der Waals surface area contributed by atoms with Crippen LogP contribution >= 0.6 is 11.5 Å². The number of aromatic nitrogens is 2. The van der Waals surface area contributed by atoms with E-state index in [1.165, 1.54) is 24.4 Å². The number of anilines is 1. The van der Waals surface area contributed by atoms with E-state index < -0.39 is 6.04 Å². The number of amides is 1. The SMILES string of the molecule is CC(Nc1nc(C2CC2)ns1)C(N)=O. The lowest BCUT2D eigenvalue weighted by Gasteiger charge is -2.06. The summed E-state index contributed by atoms with van der Waals surface area (Å²) in [5.74, 6) is 1.06. The molecule has 1 aliphatic carbocycles. The molecule has 1 unspecified atom stereocenters. The number of nitrogens with two attached hydrogens (primary N) is 1. The van der Waals surface area contributed by atoms with E-state index in [-0.39, 0.29) is 5.91 Å². The summed E-state index contributed by atoms with van der Waals surface area (Å²) in [6.45, 7) is 1.71. The first-order valence-electron chi connectivity index (χ1n) is 4.56. The van der Waals surface area contributed by atoms with Crippen LogP contribution in [-0.2, 0) is 4.79 Å². The first-order chi connectivity index (χ1) is 6.66. The monoisotopic (exact) mass is 212 g/mol. The van der Waals surface area contributed by atoms with Gasteiger partial charge in [-0.05, 0) is 19.8 Å². The Hall–Kier alpha value is -1.17. The van der Waals surface area contributed by atoms with Gasteiger partial charge in [0, 0.05) is 17.5 Å². The molecular formula is C8H12N4OS. The predicted octanol–water partition coefficient (Wildman–Crippen LogP) is 0.701. The average Bonchev–Trinajstić information content (AvgIpc) is 2.88. The maximum absolute atomic E-state index is 10.8. The predicted molar refractivity (Wildman–Crippen MR) is 54.2 cm³/mol. The zero-order valence-corrected chi connectivity index (χ0v) is 8.67. The van der Waals surface area contributed by atoms with Gasteiger partial charge in [0.25, 0.3) is 0 Å². The molecule has 1 heterocycles. The van der Waals surface area contributed by atoms with Gasteiger partial charge in [-0.3, -0.25) is 4.79 Å². The maximum Gasteiger partial charge on any atom is 0.239 e. The van der Waals surface area contributed by atoms with E-state index in [4.69, 9.17) is 5.73 Å². The maximum atomic E-state index is 10.8. The van der Waals surface area contributed by atoms with Crippen molar-refractivity contribution in [1.29, 1.82) is 0 Å². The van der Waals surface area contributed by atoms with Crippen molar-refractivity contribution < 1.29 is 4.79 Å². The number of hydrogen-bond acceptors (Lipinski definition) is 5. The van der Waals surface area contributed by atoms with E-state index in [0.29, 0.717) is 11.0 Å². The van der Waals surface area contributed by atoms with Gasteiger partial charge in [-0.15, -0.1) is 0 Å². The Morgan fingerprint density at radius 1 is 1.71 bits per heavy atom. The molecular weight excluding hydrogens is 200 g/mol. The van der Waals surface area contributed by atoms with E-state index in [1.54, 1.807) is 6.92 Å². The van der Waals surface area contributed by atoms with Crippen molar-refractivity contribution in [3.05, 3.63) is 5.82 Å². The van der Waals surface area contributed by atoms with Crippen molar-refractivity contribution in [3.63, 3.8) is 0 Å². The third kappa shape index (κ3) is 2.01. The molecule has 0 bridgehead atoms. The molecule has 2 rings (SSSR count). The van der Waals surface area contributed by atoms with E-state index in [2.05, 4.69) is 14.7 Å². The smallest absolute Gasteiger partial charge is 0.239 e. The summed E-state index contributed by atoms with van der Waals surface area (Å²) in [5.41, 5.74) is 5.12. The second-order valence-corrected chi connectivity index (χ2v) is 4.25. The molecule has 76 valence electrons. The van der Waals surface area contributed by atoms with Crippen LogP contribution in [0.3, 0.4) is 0 Å². The van der Waals surface area contributed by atoms with Gasteiger partial charge in [-0.25, -0.2) is 4.98 Å². The van der Waals surface area contributed by atoms with Crippen molar-refractivity contribution in [1.82, 2.24) is 9.36 Å². The molecule has 1 aliphatic rings. The number of hydrogen-bond donors (Lipinski definition) is 2. The summed E-state index contributed by atoms with van der Waals surface area (Å²) in [7, 11) is 0. The van der Waals surface area contributed by atoms with E-state index in [1.807, 2.05) is 0 Å². The third-order valence-corrected chi connectivity index (χ3v) is 2.81. The first-order valence-corrected chi connectivity index (χ1v) is 5.33. The van der Waals surface area contributed by atoms with Gasteiger partial charge in [0.15, 0.2) is 0 Å². The van der Waals surface area contributed by atoms with Crippen LogP contribution in [0.1, 0.15) is 31.5 Å². The van der Waals surface area contributed by atoms with E-state index >= 15 is 0 Å². The van der Waals surface area contributed by atoms with Gasteiger partial charge in [-0.2, -0.15) is 4.37 Å². The first kappa shape index (κ1) is 9.39. The highest BCUT2D eigenvalue weighted by Crippen LogP contribution is 2.39. The number of carbonyl (C=O) groups is 1. The molecule has 1 saturated carbocycles. The van der Waals surface area contributed by atoms with Crippen LogP contribution in [0.4, 0.5) is 5.13 Å². The van der Waals surface area contributed by atoms with Gasteiger partial charge in [0.05, 0.1) is 0 Å². The molecule has 0 spiro atoms. The van der Waals surface area contributed by atoms with Crippen LogP contribution in [0.15, 0.2) is 0 Å². The topological polar surface area (TPSA) is 80.9 Å². The summed E-state index contributed by atoms with van der Waals surface area (Å²) in [6.07, 6.45) is 2.36. The quantitative estimate of drug-likeness (QED) is 0.769. The Bertz CT molecular complexity index is 347. The standard InChI is InChI=1S/C8H12N4OS/c1-4(6(9)13)10-8-11-7(12-14-8)5-2-3-5/h4-5H,2-3H2,1H3,(H2,9,13)(H,10,11,12). The molecule has 5 nitrogen and oxygen atoms in total. The summed E-state index contributed by atoms with van der Waals surface area (Å²) in [5, 5.41) is 3.59. The van der Waals surface area contributed by atoms with E-state index in [0.717, 1.165) is 5.82 Å². The van der Waals surface area contributed by atoms with Crippen LogP contribution in [-0.4, -0.2) is 21.3 Å². The highest BCUT2D eigenvalue weighted by Gasteiger charge is 2.28. The van der Waals surface area contributed by atoms with Gasteiger partial charge in [-0.1, -0.05) is 0 Å². The number of carbonyl (C=O) groups excluding carboxylic acids is 1. The van der Waals surface area contributed by atoms with Gasteiger partial charge >= 0.3 is 0 Å². The molecule has 14 heavy (non-hydrogen) atoms. The summed E-state index contributed by atoms with van der Waals surface area (Å²) in [4.78, 5) is 15.1. The molecule has 1 amide bonds. The number of nitrogens with zero attached hydrogens (tertiary/aromatic N) is 2. The lowest BCUT2D eigenvalue weighted by atomic mass is 10.3. The molecule has 3 N–H and O–H groups in total. The lowest BCUT2D eigenvalue weighted by molar-refractivity contribution is -0.118. The average molecular weight is 212 g/mol. The zero-order valence-electron chi connectivity index (χ0n) is 7.86.